The molecule has 104 valence electrons. The van der Waals surface area contributed by atoms with E-state index in [1.165, 1.54) is 42.6 Å². The van der Waals surface area contributed by atoms with Gasteiger partial charge in [-0.3, -0.25) is 4.90 Å². The van der Waals surface area contributed by atoms with Crippen LogP contribution in [0.15, 0.2) is 29.8 Å². The van der Waals surface area contributed by atoms with E-state index in [-0.39, 0.29) is 0 Å². The van der Waals surface area contributed by atoms with Crippen LogP contribution in [0.2, 0.25) is 5.02 Å². The molecule has 0 saturated carbocycles. The van der Waals surface area contributed by atoms with Gasteiger partial charge in [0.05, 0.1) is 0 Å². The molecule has 0 aliphatic carbocycles. The lowest BCUT2D eigenvalue weighted by Crippen LogP contribution is -2.34. The first-order valence-corrected chi connectivity index (χ1v) is 7.57. The van der Waals surface area contributed by atoms with Gasteiger partial charge in [0.2, 0.25) is 0 Å². The lowest BCUT2D eigenvalue weighted by molar-refractivity contribution is 0.228. The molecule has 1 aliphatic heterocycles. The van der Waals surface area contributed by atoms with Crippen LogP contribution in [-0.4, -0.2) is 24.5 Å². The largest absolute Gasteiger partial charge is 0.299 e. The van der Waals surface area contributed by atoms with Crippen LogP contribution in [0.3, 0.4) is 0 Å². The highest BCUT2D eigenvalue weighted by molar-refractivity contribution is 6.30. The van der Waals surface area contributed by atoms with Crippen LogP contribution in [0.1, 0.15) is 43.7 Å². The van der Waals surface area contributed by atoms with Gasteiger partial charge in [0.25, 0.3) is 0 Å². The van der Waals surface area contributed by atoms with Crippen LogP contribution >= 0.6 is 11.6 Å². The Morgan fingerprint density at radius 3 is 2.58 bits per heavy atom. The van der Waals surface area contributed by atoms with Gasteiger partial charge in [-0.2, -0.15) is 0 Å². The Labute approximate surface area is 122 Å². The molecule has 1 aliphatic rings. The van der Waals surface area contributed by atoms with E-state index < -0.39 is 0 Å². The number of rotatable bonds is 3. The van der Waals surface area contributed by atoms with Gasteiger partial charge in [0.1, 0.15) is 0 Å². The van der Waals surface area contributed by atoms with Crippen molar-refractivity contribution in [2.75, 3.05) is 19.6 Å². The normalized spacial score (nSPS) is 18.8. The predicted octanol–water partition coefficient (Wildman–Crippen LogP) is 4.79. The number of nitrogens with zero attached hydrogens (tertiary/aromatic N) is 1. The fourth-order valence-electron chi connectivity index (χ4n) is 2.87. The molecule has 1 heterocycles. The summed E-state index contributed by atoms with van der Waals surface area (Å²) in [5, 5.41) is 0.877. The zero-order valence-corrected chi connectivity index (χ0v) is 13.0. The molecule has 0 aromatic heterocycles. The van der Waals surface area contributed by atoms with Crippen LogP contribution in [-0.2, 0) is 0 Å². The minimum absolute atomic E-state index is 0.680. The summed E-state index contributed by atoms with van der Waals surface area (Å²) in [5.74, 6) is 0.680. The van der Waals surface area contributed by atoms with E-state index in [1.807, 2.05) is 6.07 Å². The maximum absolute atomic E-state index is 6.17. The van der Waals surface area contributed by atoms with Gasteiger partial charge in [-0.1, -0.05) is 29.3 Å². The van der Waals surface area contributed by atoms with Gasteiger partial charge >= 0.3 is 0 Å². The van der Waals surface area contributed by atoms with E-state index in [1.54, 1.807) is 0 Å². The van der Waals surface area contributed by atoms with Crippen molar-refractivity contribution in [2.24, 2.45) is 0 Å². The lowest BCUT2D eigenvalue weighted by Gasteiger charge is -2.32. The number of hydrogen-bond donors (Lipinski definition) is 0. The SMILES string of the molecule is C/C=C(\C)CN1CCC(c2cc(C)cc(Cl)c2)CC1. The van der Waals surface area contributed by atoms with Crippen molar-refractivity contribution in [2.45, 2.75) is 39.5 Å². The Balaban J connectivity index is 1.96. The molecule has 0 radical (unpaired) electrons. The second-order valence-electron chi connectivity index (χ2n) is 5.75. The van der Waals surface area contributed by atoms with Crippen molar-refractivity contribution < 1.29 is 0 Å². The summed E-state index contributed by atoms with van der Waals surface area (Å²) in [4.78, 5) is 2.56. The lowest BCUT2D eigenvalue weighted by atomic mass is 9.88. The van der Waals surface area contributed by atoms with Crippen molar-refractivity contribution in [1.82, 2.24) is 4.90 Å². The predicted molar refractivity (Wildman–Crippen MR) is 84.0 cm³/mol. The Morgan fingerprint density at radius 2 is 2.00 bits per heavy atom. The zero-order chi connectivity index (χ0) is 13.8. The maximum Gasteiger partial charge on any atom is 0.0411 e. The third-order valence-electron chi connectivity index (χ3n) is 4.09. The standard InChI is InChI=1S/C17H24ClN/c1-4-13(2)12-19-7-5-15(6-8-19)16-9-14(3)10-17(18)11-16/h4,9-11,15H,5-8,12H2,1-3H3/b13-4+. The van der Waals surface area contributed by atoms with E-state index >= 15 is 0 Å². The second-order valence-corrected chi connectivity index (χ2v) is 6.18. The monoisotopic (exact) mass is 277 g/mol. The minimum atomic E-state index is 0.680. The fourth-order valence-corrected chi connectivity index (χ4v) is 3.17. The van der Waals surface area contributed by atoms with Crippen molar-refractivity contribution >= 4 is 11.6 Å². The van der Waals surface area contributed by atoms with Crippen molar-refractivity contribution in [1.29, 1.82) is 0 Å². The molecular weight excluding hydrogens is 254 g/mol. The van der Waals surface area contributed by atoms with E-state index in [4.69, 9.17) is 11.6 Å². The summed E-state index contributed by atoms with van der Waals surface area (Å²) in [6, 6.07) is 6.48. The molecule has 0 bridgehead atoms. The Bertz CT molecular complexity index is 436. The average molecular weight is 278 g/mol. The maximum atomic E-state index is 6.17. The molecule has 0 amide bonds. The summed E-state index contributed by atoms with van der Waals surface area (Å²) < 4.78 is 0. The van der Waals surface area contributed by atoms with Crippen molar-refractivity contribution in [3.63, 3.8) is 0 Å². The van der Waals surface area contributed by atoms with Gasteiger partial charge in [0, 0.05) is 11.6 Å². The molecule has 19 heavy (non-hydrogen) atoms. The summed E-state index contributed by atoms with van der Waals surface area (Å²) >= 11 is 6.17. The molecule has 0 atom stereocenters. The molecule has 1 fully saturated rings. The topological polar surface area (TPSA) is 3.24 Å². The highest BCUT2D eigenvalue weighted by Crippen LogP contribution is 2.30. The molecule has 0 N–H and O–H groups in total. The summed E-state index contributed by atoms with van der Waals surface area (Å²) in [6.07, 6.45) is 4.71. The average Bonchev–Trinajstić information content (AvgIpc) is 2.38. The van der Waals surface area contributed by atoms with Crippen LogP contribution in [0.25, 0.3) is 0 Å². The molecule has 0 unspecified atom stereocenters. The van der Waals surface area contributed by atoms with Gasteiger partial charge < -0.3 is 0 Å². The molecule has 2 rings (SSSR count). The zero-order valence-electron chi connectivity index (χ0n) is 12.2. The minimum Gasteiger partial charge on any atom is -0.299 e. The van der Waals surface area contributed by atoms with Gasteiger partial charge in [-0.05, 0) is 75.9 Å². The molecule has 1 saturated heterocycles. The molecule has 2 heteroatoms. The first-order valence-electron chi connectivity index (χ1n) is 7.19. The number of hydrogen-bond acceptors (Lipinski definition) is 1. The number of allylic oxidation sites excluding steroid dienone is 1. The molecule has 1 aromatic rings. The third kappa shape index (κ3) is 4.09. The Morgan fingerprint density at radius 1 is 1.32 bits per heavy atom. The van der Waals surface area contributed by atoms with Crippen molar-refractivity contribution in [3.05, 3.63) is 46.0 Å². The quantitative estimate of drug-likeness (QED) is 0.718. The first-order chi connectivity index (χ1) is 9.08. The van der Waals surface area contributed by atoms with Crippen molar-refractivity contribution in [3.8, 4) is 0 Å². The Kier molecular flexibility index (Phi) is 5.06. The summed E-state index contributed by atoms with van der Waals surface area (Å²) in [5.41, 5.74) is 4.17. The molecule has 0 spiro atoms. The van der Waals surface area contributed by atoms with Gasteiger partial charge in [-0.25, -0.2) is 0 Å². The van der Waals surface area contributed by atoms with Crippen LogP contribution in [0, 0.1) is 6.92 Å². The fraction of sp³-hybridized carbons (Fsp3) is 0.529. The smallest absolute Gasteiger partial charge is 0.0411 e. The summed E-state index contributed by atoms with van der Waals surface area (Å²) in [6.45, 7) is 9.98. The number of aryl methyl sites for hydroxylation is 1. The summed E-state index contributed by atoms with van der Waals surface area (Å²) in [7, 11) is 0. The van der Waals surface area contributed by atoms with Crippen LogP contribution in [0.5, 0.6) is 0 Å². The second kappa shape index (κ2) is 6.58. The van der Waals surface area contributed by atoms with Gasteiger partial charge in [-0.15, -0.1) is 0 Å². The van der Waals surface area contributed by atoms with Gasteiger partial charge in [0.15, 0.2) is 0 Å². The van der Waals surface area contributed by atoms with Crippen LogP contribution in [0.4, 0.5) is 0 Å². The van der Waals surface area contributed by atoms with E-state index in [0.717, 1.165) is 11.6 Å². The van der Waals surface area contributed by atoms with E-state index in [9.17, 15) is 0 Å². The molecule has 1 nitrogen and oxygen atoms in total. The Hall–Kier alpha value is -0.790. The highest BCUT2D eigenvalue weighted by atomic mass is 35.5. The van der Waals surface area contributed by atoms with E-state index in [2.05, 4.69) is 43.9 Å². The third-order valence-corrected chi connectivity index (χ3v) is 4.31. The van der Waals surface area contributed by atoms with E-state index in [0.29, 0.717) is 5.92 Å². The molecule has 1 aromatic carbocycles. The number of piperidine rings is 1. The molecular formula is C17H24ClN. The number of benzene rings is 1. The first kappa shape index (κ1) is 14.6. The number of halogens is 1. The van der Waals surface area contributed by atoms with Crippen LogP contribution < -0.4 is 0 Å². The highest BCUT2D eigenvalue weighted by Gasteiger charge is 2.20. The number of likely N-dealkylation sites (tertiary alicyclic amines) is 1.